The maximum absolute atomic E-state index is 10.7. The van der Waals surface area contributed by atoms with E-state index in [0.717, 1.165) is 24.0 Å². The normalized spacial score (nSPS) is 11.3. The minimum Gasteiger partial charge on any atom is -0.449 e. The lowest BCUT2D eigenvalue weighted by Gasteiger charge is -2.28. The predicted octanol–water partition coefficient (Wildman–Crippen LogP) is 4.13. The number of aryl methyl sites for hydroxylation is 1. The lowest BCUT2D eigenvalue weighted by Crippen LogP contribution is -2.20. The standard InChI is InChI=1S/C14H20O3/c1-5-9-14(3,4)12-10(2)7-6-8-11(12)17-13(15)16/h6-8H,5,9H2,1-4H3,(H,15,16). The molecule has 1 aromatic rings. The number of carbonyl (C=O) groups is 1. The van der Waals surface area contributed by atoms with Crippen LogP contribution in [0.4, 0.5) is 4.79 Å². The van der Waals surface area contributed by atoms with Crippen molar-refractivity contribution in [3.05, 3.63) is 29.3 Å². The molecule has 0 aliphatic heterocycles. The molecule has 0 amide bonds. The van der Waals surface area contributed by atoms with Crippen LogP contribution in [0.1, 0.15) is 44.7 Å². The molecule has 0 saturated heterocycles. The summed E-state index contributed by atoms with van der Waals surface area (Å²) in [4.78, 5) is 10.7. The molecule has 0 bridgehead atoms. The van der Waals surface area contributed by atoms with Crippen LogP contribution in [0.15, 0.2) is 18.2 Å². The SMILES string of the molecule is CCCC(C)(C)c1c(C)cccc1OC(=O)O. The van der Waals surface area contributed by atoms with Crippen LogP contribution in [0.2, 0.25) is 0 Å². The van der Waals surface area contributed by atoms with Crippen molar-refractivity contribution in [2.45, 2.75) is 46.0 Å². The number of carboxylic acid groups (broad SMARTS) is 1. The van der Waals surface area contributed by atoms with Crippen molar-refractivity contribution in [2.75, 3.05) is 0 Å². The molecule has 0 radical (unpaired) electrons. The molecule has 0 spiro atoms. The van der Waals surface area contributed by atoms with E-state index in [1.54, 1.807) is 6.07 Å². The second-order valence-corrected chi connectivity index (χ2v) is 4.95. The largest absolute Gasteiger partial charge is 0.511 e. The van der Waals surface area contributed by atoms with Gasteiger partial charge in [0.25, 0.3) is 0 Å². The molecule has 3 nitrogen and oxygen atoms in total. The van der Waals surface area contributed by atoms with Crippen LogP contribution in [-0.4, -0.2) is 11.3 Å². The molecule has 0 aliphatic rings. The molecule has 1 rings (SSSR count). The number of rotatable bonds is 4. The lowest BCUT2D eigenvalue weighted by atomic mass is 9.78. The smallest absolute Gasteiger partial charge is 0.449 e. The Hall–Kier alpha value is -1.51. The van der Waals surface area contributed by atoms with Gasteiger partial charge in [0.1, 0.15) is 5.75 Å². The fourth-order valence-corrected chi connectivity index (χ4v) is 2.44. The Morgan fingerprint density at radius 3 is 2.59 bits per heavy atom. The van der Waals surface area contributed by atoms with Gasteiger partial charge in [-0.3, -0.25) is 0 Å². The van der Waals surface area contributed by atoms with E-state index in [1.165, 1.54) is 0 Å². The van der Waals surface area contributed by atoms with Gasteiger partial charge in [0.15, 0.2) is 0 Å². The van der Waals surface area contributed by atoms with Gasteiger partial charge in [-0.2, -0.15) is 0 Å². The van der Waals surface area contributed by atoms with Crippen molar-refractivity contribution in [1.29, 1.82) is 0 Å². The minimum atomic E-state index is -1.26. The van der Waals surface area contributed by atoms with E-state index in [4.69, 9.17) is 9.84 Å². The summed E-state index contributed by atoms with van der Waals surface area (Å²) >= 11 is 0. The summed E-state index contributed by atoms with van der Waals surface area (Å²) in [6.45, 7) is 8.35. The van der Waals surface area contributed by atoms with E-state index < -0.39 is 6.16 Å². The van der Waals surface area contributed by atoms with Gasteiger partial charge in [-0.25, -0.2) is 4.79 Å². The Morgan fingerprint density at radius 2 is 2.06 bits per heavy atom. The van der Waals surface area contributed by atoms with E-state index in [1.807, 2.05) is 19.1 Å². The highest BCUT2D eigenvalue weighted by atomic mass is 16.7. The molecule has 3 heteroatoms. The summed E-state index contributed by atoms with van der Waals surface area (Å²) in [7, 11) is 0. The summed E-state index contributed by atoms with van der Waals surface area (Å²) in [5, 5.41) is 8.76. The third-order valence-electron chi connectivity index (χ3n) is 2.98. The van der Waals surface area contributed by atoms with Gasteiger partial charge in [-0.05, 0) is 30.4 Å². The third kappa shape index (κ3) is 3.22. The first kappa shape index (κ1) is 13.6. The molecular formula is C14H20O3. The van der Waals surface area contributed by atoms with Crippen LogP contribution in [0.3, 0.4) is 0 Å². The fraction of sp³-hybridized carbons (Fsp3) is 0.500. The molecule has 0 saturated carbocycles. The highest BCUT2D eigenvalue weighted by molar-refractivity contribution is 5.63. The van der Waals surface area contributed by atoms with Crippen LogP contribution in [0.25, 0.3) is 0 Å². The van der Waals surface area contributed by atoms with Crippen LogP contribution in [-0.2, 0) is 5.41 Å². The Kier molecular flexibility index (Phi) is 4.16. The second-order valence-electron chi connectivity index (χ2n) is 4.95. The van der Waals surface area contributed by atoms with Crippen LogP contribution >= 0.6 is 0 Å². The van der Waals surface area contributed by atoms with Crippen molar-refractivity contribution in [1.82, 2.24) is 0 Å². The van der Waals surface area contributed by atoms with Crippen LogP contribution < -0.4 is 4.74 Å². The first-order chi connectivity index (χ1) is 7.88. The van der Waals surface area contributed by atoms with Crippen molar-refractivity contribution in [2.24, 2.45) is 0 Å². The zero-order valence-corrected chi connectivity index (χ0v) is 10.9. The summed E-state index contributed by atoms with van der Waals surface area (Å²) in [5.41, 5.74) is 1.98. The van der Waals surface area contributed by atoms with Crippen LogP contribution in [0.5, 0.6) is 5.75 Å². The molecule has 0 atom stereocenters. The monoisotopic (exact) mass is 236 g/mol. The summed E-state index contributed by atoms with van der Waals surface area (Å²) in [6.07, 6.45) is 0.783. The first-order valence-corrected chi connectivity index (χ1v) is 5.89. The molecule has 1 aromatic carbocycles. The van der Waals surface area contributed by atoms with Gasteiger partial charge in [0.05, 0.1) is 0 Å². The molecule has 0 fully saturated rings. The summed E-state index contributed by atoms with van der Waals surface area (Å²) in [6, 6.07) is 5.52. The average Bonchev–Trinajstić information content (AvgIpc) is 2.15. The predicted molar refractivity (Wildman–Crippen MR) is 67.8 cm³/mol. The average molecular weight is 236 g/mol. The molecule has 0 unspecified atom stereocenters. The molecule has 94 valence electrons. The fourth-order valence-electron chi connectivity index (χ4n) is 2.44. The zero-order valence-electron chi connectivity index (χ0n) is 10.9. The number of hydrogen-bond acceptors (Lipinski definition) is 2. The molecule has 0 aromatic heterocycles. The summed E-state index contributed by atoms with van der Waals surface area (Å²) in [5.74, 6) is 0.455. The Bertz CT molecular complexity index is 408. The molecule has 0 heterocycles. The van der Waals surface area contributed by atoms with Gasteiger partial charge in [-0.15, -0.1) is 0 Å². The zero-order chi connectivity index (χ0) is 13.1. The third-order valence-corrected chi connectivity index (χ3v) is 2.98. The molecular weight excluding hydrogens is 216 g/mol. The van der Waals surface area contributed by atoms with E-state index in [9.17, 15) is 4.79 Å². The van der Waals surface area contributed by atoms with Gasteiger partial charge in [0, 0.05) is 5.56 Å². The van der Waals surface area contributed by atoms with Crippen molar-refractivity contribution in [3.8, 4) is 5.75 Å². The number of ether oxygens (including phenoxy) is 1. The van der Waals surface area contributed by atoms with Gasteiger partial charge in [-0.1, -0.05) is 39.3 Å². The second kappa shape index (κ2) is 5.21. The maximum Gasteiger partial charge on any atom is 0.511 e. The molecule has 1 N–H and O–H groups in total. The highest BCUT2D eigenvalue weighted by Crippen LogP contribution is 2.37. The Morgan fingerprint density at radius 1 is 1.41 bits per heavy atom. The van der Waals surface area contributed by atoms with Crippen molar-refractivity contribution >= 4 is 6.16 Å². The van der Waals surface area contributed by atoms with Gasteiger partial charge < -0.3 is 9.84 Å². The Balaban J connectivity index is 3.24. The quantitative estimate of drug-likeness (QED) is 0.631. The number of hydrogen-bond donors (Lipinski definition) is 1. The highest BCUT2D eigenvalue weighted by Gasteiger charge is 2.26. The first-order valence-electron chi connectivity index (χ1n) is 5.89. The molecule has 0 aliphatic carbocycles. The summed E-state index contributed by atoms with van der Waals surface area (Å²) < 4.78 is 4.88. The molecule has 17 heavy (non-hydrogen) atoms. The van der Waals surface area contributed by atoms with E-state index >= 15 is 0 Å². The topological polar surface area (TPSA) is 46.5 Å². The van der Waals surface area contributed by atoms with Gasteiger partial charge >= 0.3 is 6.16 Å². The van der Waals surface area contributed by atoms with E-state index in [-0.39, 0.29) is 5.41 Å². The van der Waals surface area contributed by atoms with Crippen molar-refractivity contribution in [3.63, 3.8) is 0 Å². The van der Waals surface area contributed by atoms with Crippen molar-refractivity contribution < 1.29 is 14.6 Å². The number of benzene rings is 1. The van der Waals surface area contributed by atoms with E-state index in [2.05, 4.69) is 20.8 Å². The lowest BCUT2D eigenvalue weighted by molar-refractivity contribution is 0.143. The minimum absolute atomic E-state index is 0.0785. The Labute approximate surface area is 102 Å². The maximum atomic E-state index is 10.7. The van der Waals surface area contributed by atoms with Crippen LogP contribution in [0, 0.1) is 6.92 Å². The van der Waals surface area contributed by atoms with Gasteiger partial charge in [0.2, 0.25) is 0 Å². The van der Waals surface area contributed by atoms with E-state index in [0.29, 0.717) is 5.75 Å².